The predicted molar refractivity (Wildman–Crippen MR) is 114 cm³/mol. The third-order valence-electron chi connectivity index (χ3n) is 5.38. The lowest BCUT2D eigenvalue weighted by atomic mass is 10.0. The maximum Gasteiger partial charge on any atom is 0.276 e. The van der Waals surface area contributed by atoms with Crippen LogP contribution in [0.5, 0.6) is 0 Å². The highest BCUT2D eigenvalue weighted by Crippen LogP contribution is 2.15. The van der Waals surface area contributed by atoms with Gasteiger partial charge in [0.1, 0.15) is 0 Å². The van der Waals surface area contributed by atoms with Crippen LogP contribution in [0.2, 0.25) is 0 Å². The lowest BCUT2D eigenvalue weighted by Gasteiger charge is -2.31. The second-order valence-corrected chi connectivity index (χ2v) is 7.56. The van der Waals surface area contributed by atoms with Gasteiger partial charge in [-0.3, -0.25) is 14.4 Å². The summed E-state index contributed by atoms with van der Waals surface area (Å²) in [7, 11) is 0. The van der Waals surface area contributed by atoms with Crippen LogP contribution in [-0.2, 0) is 0 Å². The Balaban J connectivity index is 1.33. The molecule has 31 heavy (non-hydrogen) atoms. The normalized spacial score (nSPS) is 14.3. The number of para-hydroxylation sites is 1. The van der Waals surface area contributed by atoms with Crippen LogP contribution < -0.4 is 5.32 Å². The molecule has 1 saturated heterocycles. The van der Waals surface area contributed by atoms with Crippen molar-refractivity contribution in [3.05, 3.63) is 77.6 Å². The molecule has 0 radical (unpaired) electrons. The average molecular weight is 417 g/mol. The first-order valence-electron chi connectivity index (χ1n) is 10.2. The first-order valence-corrected chi connectivity index (χ1v) is 10.2. The van der Waals surface area contributed by atoms with Crippen molar-refractivity contribution in [1.82, 2.24) is 25.2 Å². The Morgan fingerprint density at radius 3 is 2.39 bits per heavy atom. The molecular weight excluding hydrogens is 394 g/mol. The van der Waals surface area contributed by atoms with Gasteiger partial charge >= 0.3 is 0 Å². The number of piperidine rings is 1. The van der Waals surface area contributed by atoms with E-state index < -0.39 is 0 Å². The van der Waals surface area contributed by atoms with Crippen LogP contribution in [0.3, 0.4) is 0 Å². The summed E-state index contributed by atoms with van der Waals surface area (Å²) in [6.07, 6.45) is 2.93. The summed E-state index contributed by atoms with van der Waals surface area (Å²) in [5.41, 5.74) is 2.11. The molecule has 158 valence electrons. The number of hydrogen-bond acceptors (Lipinski definition) is 5. The average Bonchev–Trinajstić information content (AvgIpc) is 3.30. The summed E-state index contributed by atoms with van der Waals surface area (Å²) >= 11 is 0. The van der Waals surface area contributed by atoms with Gasteiger partial charge in [-0.05, 0) is 44.0 Å². The molecule has 1 aliphatic heterocycles. The van der Waals surface area contributed by atoms with Gasteiger partial charge in [-0.2, -0.15) is 0 Å². The molecule has 8 heteroatoms. The highest BCUT2D eigenvalue weighted by atomic mass is 16.2. The number of rotatable bonds is 5. The van der Waals surface area contributed by atoms with Crippen molar-refractivity contribution in [2.24, 2.45) is 0 Å². The van der Waals surface area contributed by atoms with Crippen LogP contribution >= 0.6 is 0 Å². The van der Waals surface area contributed by atoms with Crippen LogP contribution in [0.4, 0.5) is 0 Å². The van der Waals surface area contributed by atoms with Crippen molar-refractivity contribution in [2.45, 2.75) is 25.8 Å². The maximum absolute atomic E-state index is 12.8. The number of nitrogens with zero attached hydrogens (tertiary/aromatic N) is 4. The van der Waals surface area contributed by atoms with E-state index in [1.54, 1.807) is 40.0 Å². The number of ketones is 1. The fraction of sp³-hybridized carbons (Fsp3) is 0.261. The Bertz CT molecular complexity index is 1100. The molecule has 0 bridgehead atoms. The number of amides is 2. The second-order valence-electron chi connectivity index (χ2n) is 7.56. The van der Waals surface area contributed by atoms with Crippen LogP contribution in [0.15, 0.2) is 60.8 Å². The lowest BCUT2D eigenvalue weighted by molar-refractivity contribution is 0.0692. The summed E-state index contributed by atoms with van der Waals surface area (Å²) < 4.78 is 1.58. The number of carbonyl (C=O) groups excluding carboxylic acids is 3. The van der Waals surface area contributed by atoms with E-state index in [4.69, 9.17) is 0 Å². The van der Waals surface area contributed by atoms with Gasteiger partial charge in [0.05, 0.1) is 11.9 Å². The third-order valence-corrected chi connectivity index (χ3v) is 5.38. The summed E-state index contributed by atoms with van der Waals surface area (Å²) in [6.45, 7) is 2.52. The van der Waals surface area contributed by atoms with Crippen LogP contribution in [0.25, 0.3) is 5.69 Å². The van der Waals surface area contributed by atoms with Gasteiger partial charge < -0.3 is 10.2 Å². The summed E-state index contributed by atoms with van der Waals surface area (Å²) in [5.74, 6) is -0.453. The molecule has 2 heterocycles. The van der Waals surface area contributed by atoms with Gasteiger partial charge in [0.15, 0.2) is 11.5 Å². The Morgan fingerprint density at radius 1 is 0.968 bits per heavy atom. The zero-order chi connectivity index (χ0) is 21.8. The Kier molecular flexibility index (Phi) is 5.88. The number of hydrogen-bond donors (Lipinski definition) is 1. The summed E-state index contributed by atoms with van der Waals surface area (Å²) in [5, 5.41) is 11.1. The molecule has 1 aliphatic rings. The zero-order valence-electron chi connectivity index (χ0n) is 17.2. The van der Waals surface area contributed by atoms with Crippen LogP contribution in [0, 0.1) is 0 Å². The minimum atomic E-state index is -0.210. The van der Waals surface area contributed by atoms with E-state index in [1.165, 1.54) is 6.92 Å². The largest absolute Gasteiger partial charge is 0.349 e. The molecule has 3 aromatic rings. The van der Waals surface area contributed by atoms with E-state index in [1.807, 2.05) is 30.3 Å². The molecular formula is C23H23N5O3. The number of nitrogens with one attached hydrogen (secondary N) is 1. The minimum Gasteiger partial charge on any atom is -0.349 e. The van der Waals surface area contributed by atoms with Gasteiger partial charge in [-0.25, -0.2) is 4.68 Å². The van der Waals surface area contributed by atoms with Gasteiger partial charge in [0.2, 0.25) is 0 Å². The SMILES string of the molecule is CC(=O)c1cccc(C(=O)NC2CCN(C(=O)c3cn(-c4ccccc4)nn3)CC2)c1. The molecule has 4 rings (SSSR count). The van der Waals surface area contributed by atoms with E-state index in [2.05, 4.69) is 15.6 Å². The molecule has 0 unspecified atom stereocenters. The standard InChI is InChI=1S/C23H23N5O3/c1-16(29)17-6-5-7-18(14-17)22(30)24-19-10-12-27(13-11-19)23(31)21-15-28(26-25-21)20-8-3-2-4-9-20/h2-9,14-15,19H,10-13H2,1H3,(H,24,30). The zero-order valence-corrected chi connectivity index (χ0v) is 17.2. The molecule has 0 spiro atoms. The van der Waals surface area contributed by atoms with Crippen LogP contribution in [-0.4, -0.2) is 56.6 Å². The Morgan fingerprint density at radius 2 is 1.68 bits per heavy atom. The Labute approximate surface area is 179 Å². The molecule has 2 aromatic carbocycles. The Hall–Kier alpha value is -3.81. The van der Waals surface area contributed by atoms with E-state index in [-0.39, 0.29) is 23.6 Å². The topological polar surface area (TPSA) is 97.2 Å². The fourth-order valence-corrected chi connectivity index (χ4v) is 3.61. The smallest absolute Gasteiger partial charge is 0.276 e. The monoisotopic (exact) mass is 417 g/mol. The van der Waals surface area contributed by atoms with E-state index >= 15 is 0 Å². The quantitative estimate of drug-likeness (QED) is 0.644. The van der Waals surface area contributed by atoms with Gasteiger partial charge in [0, 0.05) is 30.3 Å². The van der Waals surface area contributed by atoms with Crippen molar-refractivity contribution in [3.63, 3.8) is 0 Å². The number of Topliss-reactive ketones (excluding diaryl/α,β-unsaturated/α-hetero) is 1. The van der Waals surface area contributed by atoms with Crippen molar-refractivity contribution in [2.75, 3.05) is 13.1 Å². The minimum absolute atomic E-state index is 0.0301. The van der Waals surface area contributed by atoms with Crippen molar-refractivity contribution in [1.29, 1.82) is 0 Å². The van der Waals surface area contributed by atoms with Crippen molar-refractivity contribution >= 4 is 17.6 Å². The van der Waals surface area contributed by atoms with Crippen LogP contribution in [0.1, 0.15) is 51.0 Å². The third kappa shape index (κ3) is 4.69. The molecule has 1 fully saturated rings. The lowest BCUT2D eigenvalue weighted by Crippen LogP contribution is -2.46. The molecule has 8 nitrogen and oxygen atoms in total. The second kappa shape index (κ2) is 8.91. The van der Waals surface area contributed by atoms with Crippen molar-refractivity contribution < 1.29 is 14.4 Å². The molecule has 0 atom stereocenters. The summed E-state index contributed by atoms with van der Waals surface area (Å²) in [4.78, 5) is 38.6. The fourth-order valence-electron chi connectivity index (χ4n) is 3.61. The maximum atomic E-state index is 12.8. The molecule has 0 aliphatic carbocycles. The number of likely N-dealkylation sites (tertiary alicyclic amines) is 1. The molecule has 1 aromatic heterocycles. The predicted octanol–water partition coefficient (Wildman–Crippen LogP) is 2.50. The number of aromatic nitrogens is 3. The first-order chi connectivity index (χ1) is 15.0. The highest BCUT2D eigenvalue weighted by Gasteiger charge is 2.26. The van der Waals surface area contributed by atoms with Crippen molar-refractivity contribution in [3.8, 4) is 5.69 Å². The summed E-state index contributed by atoms with van der Waals surface area (Å²) in [6, 6.07) is 16.1. The van der Waals surface area contributed by atoms with Gasteiger partial charge in [-0.15, -0.1) is 5.10 Å². The molecule has 1 N–H and O–H groups in total. The van der Waals surface area contributed by atoms with E-state index in [0.717, 1.165) is 5.69 Å². The van der Waals surface area contributed by atoms with Gasteiger partial charge in [0.25, 0.3) is 11.8 Å². The first kappa shape index (κ1) is 20.5. The van der Waals surface area contributed by atoms with Gasteiger partial charge in [-0.1, -0.05) is 35.5 Å². The number of carbonyl (C=O) groups is 3. The van der Waals surface area contributed by atoms with E-state index in [9.17, 15) is 14.4 Å². The highest BCUT2D eigenvalue weighted by molar-refractivity contribution is 5.99. The molecule has 2 amide bonds. The number of benzene rings is 2. The van der Waals surface area contributed by atoms with E-state index in [0.29, 0.717) is 42.8 Å². The molecule has 0 saturated carbocycles.